The van der Waals surface area contributed by atoms with Crippen LogP contribution >= 0.6 is 0 Å². The molecule has 3 aromatic carbocycles. The Labute approximate surface area is 104 Å². The van der Waals surface area contributed by atoms with Gasteiger partial charge in [0.05, 0.1) is 11.1 Å². The van der Waals surface area contributed by atoms with Crippen LogP contribution in [-0.4, -0.2) is 0 Å². The standard InChI is InChI=1S/C16H8N2/c17-9-14-6-5-13-7-11-3-1-2-4-12(11)8-15(13)16(14)10-18/h1-8H. The molecule has 0 heterocycles. The average molecular weight is 228 g/mol. The van der Waals surface area contributed by atoms with Gasteiger partial charge in [-0.1, -0.05) is 30.3 Å². The summed E-state index contributed by atoms with van der Waals surface area (Å²) in [6.07, 6.45) is 0. The highest BCUT2D eigenvalue weighted by atomic mass is 14.3. The summed E-state index contributed by atoms with van der Waals surface area (Å²) < 4.78 is 0. The van der Waals surface area contributed by atoms with E-state index in [9.17, 15) is 5.26 Å². The minimum atomic E-state index is 0.431. The van der Waals surface area contributed by atoms with Crippen LogP contribution in [0.15, 0.2) is 48.5 Å². The van der Waals surface area contributed by atoms with Gasteiger partial charge in [0.2, 0.25) is 0 Å². The molecule has 3 rings (SSSR count). The predicted molar refractivity (Wildman–Crippen MR) is 70.9 cm³/mol. The molecule has 82 valence electrons. The highest BCUT2D eigenvalue weighted by Crippen LogP contribution is 2.27. The average Bonchev–Trinajstić information content (AvgIpc) is 2.43. The molecule has 0 radical (unpaired) electrons. The SMILES string of the molecule is N#Cc1ccc2cc3ccccc3cc2c1C#N. The van der Waals surface area contributed by atoms with Gasteiger partial charge in [-0.3, -0.25) is 0 Å². The molecule has 0 aliphatic carbocycles. The molecular formula is C16H8N2. The van der Waals surface area contributed by atoms with E-state index in [-0.39, 0.29) is 0 Å². The second-order valence-electron chi connectivity index (χ2n) is 4.13. The Morgan fingerprint density at radius 2 is 1.44 bits per heavy atom. The molecule has 18 heavy (non-hydrogen) atoms. The zero-order chi connectivity index (χ0) is 12.5. The summed E-state index contributed by atoms with van der Waals surface area (Å²) in [7, 11) is 0. The van der Waals surface area contributed by atoms with E-state index in [4.69, 9.17) is 5.26 Å². The van der Waals surface area contributed by atoms with Gasteiger partial charge < -0.3 is 0 Å². The van der Waals surface area contributed by atoms with Crippen molar-refractivity contribution in [3.05, 3.63) is 59.7 Å². The van der Waals surface area contributed by atoms with Crippen molar-refractivity contribution < 1.29 is 0 Å². The minimum absolute atomic E-state index is 0.431. The fourth-order valence-corrected chi connectivity index (χ4v) is 2.23. The van der Waals surface area contributed by atoms with E-state index < -0.39 is 0 Å². The van der Waals surface area contributed by atoms with Crippen LogP contribution in [0.4, 0.5) is 0 Å². The van der Waals surface area contributed by atoms with Gasteiger partial charge in [0, 0.05) is 5.39 Å². The Balaban J connectivity index is 2.52. The maximum Gasteiger partial charge on any atom is 0.101 e. The number of fused-ring (bicyclic) bond motifs is 2. The zero-order valence-corrected chi connectivity index (χ0v) is 9.51. The van der Waals surface area contributed by atoms with Crippen molar-refractivity contribution in [2.75, 3.05) is 0 Å². The smallest absolute Gasteiger partial charge is 0.101 e. The monoisotopic (exact) mass is 228 g/mol. The lowest BCUT2D eigenvalue weighted by atomic mass is 9.97. The van der Waals surface area contributed by atoms with E-state index in [0.717, 1.165) is 21.5 Å². The van der Waals surface area contributed by atoms with Crippen molar-refractivity contribution in [1.29, 1.82) is 10.5 Å². The predicted octanol–water partition coefficient (Wildman–Crippen LogP) is 3.74. The second-order valence-corrected chi connectivity index (χ2v) is 4.13. The molecule has 0 fully saturated rings. The molecule has 0 amide bonds. The molecule has 3 aromatic rings. The Morgan fingerprint density at radius 1 is 0.722 bits per heavy atom. The molecule has 2 heteroatoms. The number of benzene rings is 3. The summed E-state index contributed by atoms with van der Waals surface area (Å²) in [5.41, 5.74) is 0.890. The molecule has 0 unspecified atom stereocenters. The number of hydrogen-bond donors (Lipinski definition) is 0. The van der Waals surface area contributed by atoms with Gasteiger partial charge >= 0.3 is 0 Å². The van der Waals surface area contributed by atoms with Crippen LogP contribution in [0.2, 0.25) is 0 Å². The van der Waals surface area contributed by atoms with Crippen LogP contribution in [0.3, 0.4) is 0 Å². The van der Waals surface area contributed by atoms with E-state index in [1.54, 1.807) is 6.07 Å². The first-order chi connectivity index (χ1) is 8.83. The van der Waals surface area contributed by atoms with Crippen molar-refractivity contribution in [3.8, 4) is 12.1 Å². The van der Waals surface area contributed by atoms with Crippen LogP contribution in [-0.2, 0) is 0 Å². The second kappa shape index (κ2) is 3.87. The van der Waals surface area contributed by atoms with E-state index in [0.29, 0.717) is 11.1 Å². The summed E-state index contributed by atoms with van der Waals surface area (Å²) in [4.78, 5) is 0. The normalized spacial score (nSPS) is 10.1. The van der Waals surface area contributed by atoms with Crippen LogP contribution in [0.5, 0.6) is 0 Å². The van der Waals surface area contributed by atoms with Gasteiger partial charge in [-0.05, 0) is 34.4 Å². The number of nitrogens with zero attached hydrogens (tertiary/aromatic N) is 2. The Morgan fingerprint density at radius 3 is 2.11 bits per heavy atom. The fourth-order valence-electron chi connectivity index (χ4n) is 2.23. The van der Waals surface area contributed by atoms with E-state index in [2.05, 4.69) is 12.1 Å². The highest BCUT2D eigenvalue weighted by molar-refractivity contribution is 6.01. The molecule has 2 nitrogen and oxygen atoms in total. The molecule has 0 atom stereocenters. The quantitative estimate of drug-likeness (QED) is 0.550. The number of nitriles is 2. The topological polar surface area (TPSA) is 47.6 Å². The van der Waals surface area contributed by atoms with E-state index in [1.165, 1.54) is 0 Å². The lowest BCUT2D eigenvalue weighted by molar-refractivity contribution is 1.45. The van der Waals surface area contributed by atoms with Gasteiger partial charge in [0.15, 0.2) is 0 Å². The van der Waals surface area contributed by atoms with Crippen molar-refractivity contribution in [1.82, 2.24) is 0 Å². The Bertz CT molecular complexity index is 848. The Hall–Kier alpha value is -2.84. The van der Waals surface area contributed by atoms with Gasteiger partial charge in [0.1, 0.15) is 12.1 Å². The summed E-state index contributed by atoms with van der Waals surface area (Å²) in [6, 6.07) is 19.8. The van der Waals surface area contributed by atoms with E-state index in [1.807, 2.05) is 42.5 Å². The first kappa shape index (κ1) is 10.3. The lowest BCUT2D eigenvalue weighted by Crippen LogP contribution is -1.86. The third kappa shape index (κ3) is 1.41. The zero-order valence-electron chi connectivity index (χ0n) is 9.51. The first-order valence-electron chi connectivity index (χ1n) is 5.59. The molecule has 0 saturated heterocycles. The minimum Gasteiger partial charge on any atom is -0.192 e. The third-order valence-electron chi connectivity index (χ3n) is 3.12. The lowest BCUT2D eigenvalue weighted by Gasteiger charge is -2.05. The third-order valence-corrected chi connectivity index (χ3v) is 3.12. The largest absolute Gasteiger partial charge is 0.192 e. The summed E-state index contributed by atoms with van der Waals surface area (Å²) in [5, 5.41) is 22.3. The number of rotatable bonds is 0. The summed E-state index contributed by atoms with van der Waals surface area (Å²) in [5.74, 6) is 0. The van der Waals surface area contributed by atoms with Crippen LogP contribution in [0, 0.1) is 22.7 Å². The molecule has 0 N–H and O–H groups in total. The van der Waals surface area contributed by atoms with Crippen molar-refractivity contribution in [2.45, 2.75) is 0 Å². The molecule has 0 bridgehead atoms. The maximum absolute atomic E-state index is 9.22. The molecular weight excluding hydrogens is 220 g/mol. The maximum atomic E-state index is 9.22. The Kier molecular flexibility index (Phi) is 2.22. The van der Waals surface area contributed by atoms with E-state index >= 15 is 0 Å². The van der Waals surface area contributed by atoms with Gasteiger partial charge in [0.25, 0.3) is 0 Å². The molecule has 0 aliphatic heterocycles. The fraction of sp³-hybridized carbons (Fsp3) is 0. The first-order valence-corrected chi connectivity index (χ1v) is 5.59. The van der Waals surface area contributed by atoms with Crippen molar-refractivity contribution >= 4 is 21.5 Å². The number of hydrogen-bond acceptors (Lipinski definition) is 2. The summed E-state index contributed by atoms with van der Waals surface area (Å²) in [6.45, 7) is 0. The summed E-state index contributed by atoms with van der Waals surface area (Å²) >= 11 is 0. The van der Waals surface area contributed by atoms with Gasteiger partial charge in [-0.2, -0.15) is 10.5 Å². The van der Waals surface area contributed by atoms with Crippen molar-refractivity contribution in [3.63, 3.8) is 0 Å². The van der Waals surface area contributed by atoms with Gasteiger partial charge in [-0.15, -0.1) is 0 Å². The molecule has 0 aromatic heterocycles. The highest BCUT2D eigenvalue weighted by Gasteiger charge is 2.07. The molecule has 0 aliphatic rings. The molecule has 0 spiro atoms. The van der Waals surface area contributed by atoms with Crippen LogP contribution in [0.25, 0.3) is 21.5 Å². The molecule has 0 saturated carbocycles. The van der Waals surface area contributed by atoms with Crippen LogP contribution in [0.1, 0.15) is 11.1 Å². The van der Waals surface area contributed by atoms with Crippen LogP contribution < -0.4 is 0 Å². The van der Waals surface area contributed by atoms with Gasteiger partial charge in [-0.25, -0.2) is 0 Å². The van der Waals surface area contributed by atoms with Crippen molar-refractivity contribution in [2.24, 2.45) is 0 Å².